The summed E-state index contributed by atoms with van der Waals surface area (Å²) in [5.41, 5.74) is 7.87. The van der Waals surface area contributed by atoms with Crippen LogP contribution in [0.5, 0.6) is 0 Å². The molecule has 2 rings (SSSR count). The predicted octanol–water partition coefficient (Wildman–Crippen LogP) is 1.75. The average Bonchev–Trinajstić information content (AvgIpc) is 2.30. The number of aromatic nitrogens is 1. The molecule has 1 amide bonds. The summed E-state index contributed by atoms with van der Waals surface area (Å²) in [6.07, 6.45) is -0.556. The van der Waals surface area contributed by atoms with Gasteiger partial charge >= 0.3 is 6.09 Å². The van der Waals surface area contributed by atoms with Crippen LogP contribution in [-0.2, 0) is 4.74 Å². The smallest absolute Gasteiger partial charge is 0.412 e. The lowest BCUT2D eigenvalue weighted by Gasteiger charge is -2.17. The van der Waals surface area contributed by atoms with Crippen molar-refractivity contribution in [3.05, 3.63) is 6.07 Å². The van der Waals surface area contributed by atoms with Gasteiger partial charge in [0.05, 0.1) is 18.8 Å². The second kappa shape index (κ2) is 4.91. The molecule has 2 heterocycles. The first-order valence-corrected chi connectivity index (χ1v) is 5.62. The number of nitrogens with zero attached hydrogens (tertiary/aromatic N) is 2. The number of ether oxygens (including phenoxy) is 1. The van der Waals surface area contributed by atoms with E-state index in [-0.39, 0.29) is 0 Å². The second-order valence-corrected chi connectivity index (χ2v) is 3.84. The number of pyridine rings is 1. The van der Waals surface area contributed by atoms with Crippen LogP contribution in [0.15, 0.2) is 11.1 Å². The minimum Gasteiger partial charge on any atom is -0.450 e. The Morgan fingerprint density at radius 1 is 1.67 bits per heavy atom. The first-order chi connectivity index (χ1) is 8.60. The van der Waals surface area contributed by atoms with Crippen molar-refractivity contribution in [3.8, 4) is 0 Å². The van der Waals surface area contributed by atoms with Gasteiger partial charge in [0.2, 0.25) is 0 Å². The highest BCUT2D eigenvalue weighted by atomic mass is 16.5. The molecule has 4 N–H and O–H groups in total. The van der Waals surface area contributed by atoms with Crippen molar-refractivity contribution < 1.29 is 9.53 Å². The van der Waals surface area contributed by atoms with Crippen LogP contribution in [-0.4, -0.2) is 29.9 Å². The average molecular weight is 249 g/mol. The van der Waals surface area contributed by atoms with E-state index >= 15 is 0 Å². The third-order valence-electron chi connectivity index (χ3n) is 2.34. The SMILES string of the molecule is CCOC(=O)Nc1cc(N)c2c(n1)NCC(C)=N2. The number of amides is 1. The summed E-state index contributed by atoms with van der Waals surface area (Å²) in [5.74, 6) is 0.902. The number of nitrogens with two attached hydrogens (primary N) is 1. The summed E-state index contributed by atoms with van der Waals surface area (Å²) >= 11 is 0. The van der Waals surface area contributed by atoms with Gasteiger partial charge in [-0.15, -0.1) is 0 Å². The highest BCUT2D eigenvalue weighted by molar-refractivity contribution is 5.96. The van der Waals surface area contributed by atoms with E-state index in [4.69, 9.17) is 10.5 Å². The Kier molecular flexibility index (Phi) is 3.31. The molecule has 0 spiro atoms. The predicted molar refractivity (Wildman–Crippen MR) is 70.6 cm³/mol. The lowest BCUT2D eigenvalue weighted by Crippen LogP contribution is -2.19. The van der Waals surface area contributed by atoms with Crippen LogP contribution in [0.2, 0.25) is 0 Å². The molecule has 0 fully saturated rings. The molecule has 0 saturated carbocycles. The lowest BCUT2D eigenvalue weighted by molar-refractivity contribution is 0.168. The molecule has 0 radical (unpaired) electrons. The number of hydrogen-bond acceptors (Lipinski definition) is 6. The van der Waals surface area contributed by atoms with Crippen molar-refractivity contribution in [1.82, 2.24) is 4.98 Å². The molecule has 1 aromatic rings. The molecule has 0 aromatic carbocycles. The number of rotatable bonds is 2. The number of nitrogen functional groups attached to an aromatic ring is 1. The first-order valence-electron chi connectivity index (χ1n) is 5.62. The minimum atomic E-state index is -0.556. The van der Waals surface area contributed by atoms with Gasteiger partial charge in [0.25, 0.3) is 0 Å². The number of carbonyl (C=O) groups is 1. The van der Waals surface area contributed by atoms with Gasteiger partial charge in [-0.2, -0.15) is 0 Å². The molecule has 1 aromatic heterocycles. The standard InChI is InChI=1S/C11H15N5O2/c1-3-18-11(17)16-8-4-7(12)9-10(15-8)13-5-6(2)14-9/h4H,3,5H2,1-2H3,(H4,12,13,15,16,17). The molecule has 18 heavy (non-hydrogen) atoms. The van der Waals surface area contributed by atoms with Crippen LogP contribution in [0.4, 0.5) is 27.8 Å². The monoisotopic (exact) mass is 249 g/mol. The van der Waals surface area contributed by atoms with Crippen LogP contribution in [0, 0.1) is 0 Å². The van der Waals surface area contributed by atoms with E-state index in [0.717, 1.165) is 5.71 Å². The largest absolute Gasteiger partial charge is 0.450 e. The van der Waals surface area contributed by atoms with Gasteiger partial charge in [-0.3, -0.25) is 10.3 Å². The molecule has 7 heteroatoms. The highest BCUT2D eigenvalue weighted by Gasteiger charge is 2.15. The fourth-order valence-corrected chi connectivity index (χ4v) is 1.58. The van der Waals surface area contributed by atoms with Crippen molar-refractivity contribution in [1.29, 1.82) is 0 Å². The summed E-state index contributed by atoms with van der Waals surface area (Å²) < 4.78 is 4.77. The van der Waals surface area contributed by atoms with E-state index in [1.807, 2.05) is 6.92 Å². The molecular formula is C11H15N5O2. The van der Waals surface area contributed by atoms with Gasteiger partial charge in [-0.1, -0.05) is 0 Å². The number of anilines is 3. The van der Waals surface area contributed by atoms with Crippen LogP contribution >= 0.6 is 0 Å². The summed E-state index contributed by atoms with van der Waals surface area (Å²) in [7, 11) is 0. The van der Waals surface area contributed by atoms with Gasteiger partial charge in [-0.05, 0) is 13.8 Å². The highest BCUT2D eigenvalue weighted by Crippen LogP contribution is 2.34. The second-order valence-electron chi connectivity index (χ2n) is 3.84. The van der Waals surface area contributed by atoms with Gasteiger partial charge in [0.1, 0.15) is 11.5 Å². The zero-order chi connectivity index (χ0) is 13.1. The van der Waals surface area contributed by atoms with Crippen LogP contribution in [0.25, 0.3) is 0 Å². The summed E-state index contributed by atoms with van der Waals surface area (Å²) in [5, 5.41) is 5.59. The lowest BCUT2D eigenvalue weighted by atomic mass is 10.2. The van der Waals surface area contributed by atoms with Crippen molar-refractivity contribution in [3.63, 3.8) is 0 Å². The summed E-state index contributed by atoms with van der Waals surface area (Å²) in [4.78, 5) is 19.8. The van der Waals surface area contributed by atoms with Crippen molar-refractivity contribution in [2.45, 2.75) is 13.8 Å². The summed E-state index contributed by atoms with van der Waals surface area (Å²) in [6, 6.07) is 1.56. The van der Waals surface area contributed by atoms with E-state index in [2.05, 4.69) is 20.6 Å². The topological polar surface area (TPSA) is 102 Å². The Morgan fingerprint density at radius 2 is 2.44 bits per heavy atom. The van der Waals surface area contributed by atoms with E-state index in [1.165, 1.54) is 0 Å². The van der Waals surface area contributed by atoms with Crippen LogP contribution < -0.4 is 16.4 Å². The fourth-order valence-electron chi connectivity index (χ4n) is 1.58. The third-order valence-corrected chi connectivity index (χ3v) is 2.34. The molecule has 0 atom stereocenters. The van der Waals surface area contributed by atoms with E-state index in [9.17, 15) is 4.79 Å². The van der Waals surface area contributed by atoms with Crippen LogP contribution in [0.3, 0.4) is 0 Å². The molecule has 7 nitrogen and oxygen atoms in total. The maximum absolute atomic E-state index is 11.3. The normalized spacial score (nSPS) is 13.1. The molecule has 0 saturated heterocycles. The number of nitrogens with one attached hydrogen (secondary N) is 2. The minimum absolute atomic E-state index is 0.300. The molecule has 96 valence electrons. The molecule has 1 aliphatic rings. The number of fused-ring (bicyclic) bond motifs is 1. The third kappa shape index (κ3) is 2.50. The van der Waals surface area contributed by atoms with E-state index in [0.29, 0.717) is 36.2 Å². The van der Waals surface area contributed by atoms with Crippen molar-refractivity contribution >= 4 is 34.8 Å². The van der Waals surface area contributed by atoms with Crippen molar-refractivity contribution in [2.24, 2.45) is 4.99 Å². The number of carbonyl (C=O) groups excluding carboxylic acids is 1. The molecule has 0 bridgehead atoms. The van der Waals surface area contributed by atoms with Gasteiger partial charge in [-0.25, -0.2) is 9.78 Å². The van der Waals surface area contributed by atoms with Gasteiger partial charge in [0.15, 0.2) is 5.82 Å². The molecule has 0 unspecified atom stereocenters. The molecule has 0 aliphatic carbocycles. The zero-order valence-electron chi connectivity index (χ0n) is 10.3. The van der Waals surface area contributed by atoms with E-state index in [1.54, 1.807) is 13.0 Å². The van der Waals surface area contributed by atoms with Crippen LogP contribution in [0.1, 0.15) is 13.8 Å². The number of aliphatic imine (C=N–C) groups is 1. The van der Waals surface area contributed by atoms with Crippen molar-refractivity contribution in [2.75, 3.05) is 29.5 Å². The maximum atomic E-state index is 11.3. The maximum Gasteiger partial charge on any atom is 0.412 e. The van der Waals surface area contributed by atoms with E-state index < -0.39 is 6.09 Å². The fraction of sp³-hybridized carbons (Fsp3) is 0.364. The summed E-state index contributed by atoms with van der Waals surface area (Å²) in [6.45, 7) is 4.55. The first kappa shape index (κ1) is 12.2. The Bertz CT molecular complexity index is 512. The Labute approximate surface area is 104 Å². The zero-order valence-corrected chi connectivity index (χ0v) is 10.3. The van der Waals surface area contributed by atoms with Gasteiger partial charge in [0, 0.05) is 11.8 Å². The van der Waals surface area contributed by atoms with Gasteiger partial charge < -0.3 is 15.8 Å². The quantitative estimate of drug-likeness (QED) is 0.741. The Balaban J connectivity index is 2.26. The molecule has 1 aliphatic heterocycles. The Hall–Kier alpha value is -2.31. The Morgan fingerprint density at radius 3 is 3.17 bits per heavy atom. The molecular weight excluding hydrogens is 234 g/mol. The number of hydrogen-bond donors (Lipinski definition) is 3.